The van der Waals surface area contributed by atoms with Crippen molar-refractivity contribution in [3.63, 3.8) is 0 Å². The summed E-state index contributed by atoms with van der Waals surface area (Å²) in [7, 11) is 1.68. The topological polar surface area (TPSA) is 35.5 Å². The molecule has 3 nitrogen and oxygen atoms in total. The maximum atomic E-state index is 11.9. The van der Waals surface area contributed by atoms with Gasteiger partial charge in [-0.2, -0.15) is 0 Å². The van der Waals surface area contributed by atoms with Crippen LogP contribution in [0, 0.1) is 13.8 Å². The van der Waals surface area contributed by atoms with Crippen molar-refractivity contribution in [3.05, 3.63) is 21.4 Å². The van der Waals surface area contributed by atoms with Crippen LogP contribution < -0.4 is 0 Å². The lowest BCUT2D eigenvalue weighted by Gasteiger charge is -2.22. The molecule has 0 amide bonds. The van der Waals surface area contributed by atoms with E-state index in [0.29, 0.717) is 6.61 Å². The maximum absolute atomic E-state index is 11.9. The average molecular weight is 270 g/mol. The largest absolute Gasteiger partial charge is 0.379 e. The second-order valence-corrected chi connectivity index (χ2v) is 6.48. The van der Waals surface area contributed by atoms with Crippen molar-refractivity contribution in [2.24, 2.45) is 0 Å². The number of hydrogen-bond donors (Lipinski definition) is 0. The molecule has 0 radical (unpaired) electrons. The molecule has 1 rings (SSSR count). The van der Waals surface area contributed by atoms with E-state index in [4.69, 9.17) is 9.47 Å². The zero-order valence-electron chi connectivity index (χ0n) is 11.8. The number of aryl methyl sites for hydroxylation is 2. The number of carbonyl (C=O) groups is 1. The van der Waals surface area contributed by atoms with Crippen molar-refractivity contribution >= 4 is 17.1 Å². The molecule has 0 aromatic carbocycles. The lowest BCUT2D eigenvalue weighted by atomic mass is 10.1. The second kappa shape index (κ2) is 6.45. The minimum absolute atomic E-state index is 0.0621. The highest BCUT2D eigenvalue weighted by molar-refractivity contribution is 7.12. The third kappa shape index (κ3) is 4.52. The van der Waals surface area contributed by atoms with Crippen LogP contribution in [0.3, 0.4) is 0 Å². The SMILES string of the molecule is COC(C)(C)CCOCC(=O)c1cc(C)sc1C. The Balaban J connectivity index is 2.36. The van der Waals surface area contributed by atoms with Gasteiger partial charge in [0.05, 0.1) is 5.60 Å². The van der Waals surface area contributed by atoms with Crippen molar-refractivity contribution in [3.8, 4) is 0 Å². The third-order valence-corrected chi connectivity index (χ3v) is 3.94. The molecule has 0 aliphatic heterocycles. The summed E-state index contributed by atoms with van der Waals surface area (Å²) < 4.78 is 10.7. The highest BCUT2D eigenvalue weighted by Gasteiger charge is 2.17. The van der Waals surface area contributed by atoms with Crippen LogP contribution in [0.5, 0.6) is 0 Å². The predicted octanol–water partition coefficient (Wildman–Crippen LogP) is 3.38. The van der Waals surface area contributed by atoms with E-state index in [1.807, 2.05) is 33.8 Å². The molecule has 0 spiro atoms. The molecule has 0 fully saturated rings. The summed E-state index contributed by atoms with van der Waals surface area (Å²) in [5.74, 6) is 0.0621. The second-order valence-electron chi connectivity index (χ2n) is 5.02. The van der Waals surface area contributed by atoms with Gasteiger partial charge in [0.1, 0.15) is 6.61 Å². The fraction of sp³-hybridized carbons (Fsp3) is 0.643. The van der Waals surface area contributed by atoms with E-state index < -0.39 is 0 Å². The van der Waals surface area contributed by atoms with Crippen LogP contribution in [0.1, 0.15) is 40.4 Å². The van der Waals surface area contributed by atoms with Crippen LogP contribution in [-0.4, -0.2) is 31.7 Å². The third-order valence-electron chi connectivity index (χ3n) is 2.98. The number of rotatable bonds is 7. The van der Waals surface area contributed by atoms with Crippen LogP contribution in [0.4, 0.5) is 0 Å². The lowest BCUT2D eigenvalue weighted by Crippen LogP contribution is -2.25. The van der Waals surface area contributed by atoms with E-state index in [0.717, 1.165) is 21.7 Å². The van der Waals surface area contributed by atoms with Gasteiger partial charge < -0.3 is 9.47 Å². The molecule has 1 heterocycles. The molecule has 4 heteroatoms. The first kappa shape index (κ1) is 15.3. The van der Waals surface area contributed by atoms with E-state index in [1.165, 1.54) is 0 Å². The van der Waals surface area contributed by atoms with Crippen LogP contribution in [0.25, 0.3) is 0 Å². The highest BCUT2D eigenvalue weighted by Crippen LogP contribution is 2.21. The molecule has 102 valence electrons. The summed E-state index contributed by atoms with van der Waals surface area (Å²) >= 11 is 1.65. The quantitative estimate of drug-likeness (QED) is 0.563. The number of hydrogen-bond acceptors (Lipinski definition) is 4. The molecule has 0 atom stereocenters. The molecular weight excluding hydrogens is 248 g/mol. The molecular formula is C14H22O3S. The molecule has 0 bridgehead atoms. The molecule has 18 heavy (non-hydrogen) atoms. The Morgan fingerprint density at radius 1 is 1.39 bits per heavy atom. The van der Waals surface area contributed by atoms with Crippen LogP contribution in [0.2, 0.25) is 0 Å². The van der Waals surface area contributed by atoms with Crippen LogP contribution >= 0.6 is 11.3 Å². The summed E-state index contributed by atoms with van der Waals surface area (Å²) in [6, 6.07) is 1.94. The maximum Gasteiger partial charge on any atom is 0.189 e. The van der Waals surface area contributed by atoms with Gasteiger partial charge >= 0.3 is 0 Å². The summed E-state index contributed by atoms with van der Waals surface area (Å²) in [5.41, 5.74) is 0.598. The van der Waals surface area contributed by atoms with Crippen molar-refractivity contribution in [1.82, 2.24) is 0 Å². The Bertz CT molecular complexity index is 407. The Kier molecular flexibility index (Phi) is 5.50. The number of Topliss-reactive ketones (excluding diaryl/α,β-unsaturated/α-hetero) is 1. The normalized spacial score (nSPS) is 11.8. The van der Waals surface area contributed by atoms with Crippen molar-refractivity contribution in [1.29, 1.82) is 0 Å². The van der Waals surface area contributed by atoms with Crippen molar-refractivity contribution in [2.45, 2.75) is 39.7 Å². The molecule has 0 N–H and O–H groups in total. The fourth-order valence-electron chi connectivity index (χ4n) is 1.57. The van der Waals surface area contributed by atoms with Crippen molar-refractivity contribution < 1.29 is 14.3 Å². The van der Waals surface area contributed by atoms with Gasteiger partial charge in [-0.3, -0.25) is 4.79 Å². The first-order chi connectivity index (χ1) is 8.35. The van der Waals surface area contributed by atoms with Crippen LogP contribution in [0.15, 0.2) is 6.07 Å². The van der Waals surface area contributed by atoms with Gasteiger partial charge in [-0.25, -0.2) is 0 Å². The summed E-state index contributed by atoms with van der Waals surface area (Å²) in [6.45, 7) is 8.68. The van der Waals surface area contributed by atoms with E-state index in [2.05, 4.69) is 0 Å². The van der Waals surface area contributed by atoms with Gasteiger partial charge in [-0.1, -0.05) is 0 Å². The molecule has 1 aromatic rings. The van der Waals surface area contributed by atoms with Gasteiger partial charge in [-0.15, -0.1) is 11.3 Å². The van der Waals surface area contributed by atoms with Gasteiger partial charge in [0.15, 0.2) is 5.78 Å². The predicted molar refractivity (Wildman–Crippen MR) is 74.6 cm³/mol. The first-order valence-corrected chi connectivity index (χ1v) is 6.90. The minimum Gasteiger partial charge on any atom is -0.379 e. The fourth-order valence-corrected chi connectivity index (χ4v) is 2.51. The zero-order valence-corrected chi connectivity index (χ0v) is 12.6. The Morgan fingerprint density at radius 3 is 2.56 bits per heavy atom. The van der Waals surface area contributed by atoms with Gasteiger partial charge in [-0.05, 0) is 40.2 Å². The van der Waals surface area contributed by atoms with E-state index in [-0.39, 0.29) is 18.0 Å². The Hall–Kier alpha value is -0.710. The summed E-state index contributed by atoms with van der Waals surface area (Å²) in [4.78, 5) is 14.2. The standard InChI is InChI=1S/C14H22O3S/c1-10-8-12(11(2)18-10)13(15)9-17-7-6-14(3,4)16-5/h8H,6-7,9H2,1-5H3. The summed E-state index contributed by atoms with van der Waals surface area (Å²) in [5, 5.41) is 0. The van der Waals surface area contributed by atoms with E-state index in [1.54, 1.807) is 18.4 Å². The Labute approximate surface area is 113 Å². The Morgan fingerprint density at radius 2 is 2.06 bits per heavy atom. The van der Waals surface area contributed by atoms with Gasteiger partial charge in [0.25, 0.3) is 0 Å². The van der Waals surface area contributed by atoms with Gasteiger partial charge in [0, 0.05) is 29.0 Å². The average Bonchev–Trinajstić information content (AvgIpc) is 2.64. The molecule has 0 unspecified atom stereocenters. The monoisotopic (exact) mass is 270 g/mol. The number of thiophene rings is 1. The van der Waals surface area contributed by atoms with E-state index in [9.17, 15) is 4.79 Å². The smallest absolute Gasteiger partial charge is 0.189 e. The molecule has 1 aromatic heterocycles. The van der Waals surface area contributed by atoms with Crippen LogP contribution in [-0.2, 0) is 9.47 Å². The number of ether oxygens (including phenoxy) is 2. The van der Waals surface area contributed by atoms with Crippen molar-refractivity contribution in [2.75, 3.05) is 20.3 Å². The lowest BCUT2D eigenvalue weighted by molar-refractivity contribution is -0.00837. The number of ketones is 1. The minimum atomic E-state index is -0.196. The zero-order chi connectivity index (χ0) is 13.8. The number of methoxy groups -OCH3 is 1. The molecule has 0 aliphatic rings. The molecule has 0 saturated heterocycles. The highest BCUT2D eigenvalue weighted by atomic mass is 32.1. The van der Waals surface area contributed by atoms with E-state index >= 15 is 0 Å². The first-order valence-electron chi connectivity index (χ1n) is 6.09. The van der Waals surface area contributed by atoms with Gasteiger partial charge in [0.2, 0.25) is 0 Å². The molecule has 0 aliphatic carbocycles. The summed E-state index contributed by atoms with van der Waals surface area (Å²) in [6.07, 6.45) is 0.776. The molecule has 0 saturated carbocycles. The number of carbonyl (C=O) groups excluding carboxylic acids is 1.